The van der Waals surface area contributed by atoms with Crippen molar-refractivity contribution >= 4 is 23.3 Å². The third-order valence-electron chi connectivity index (χ3n) is 10.8. The number of aromatic nitrogens is 1. The van der Waals surface area contributed by atoms with Gasteiger partial charge in [0.25, 0.3) is 0 Å². The van der Waals surface area contributed by atoms with Crippen LogP contribution in [0.4, 0.5) is 15.9 Å². The van der Waals surface area contributed by atoms with Crippen LogP contribution in [0.5, 0.6) is 0 Å². The highest BCUT2D eigenvalue weighted by Gasteiger charge is 2.28. The van der Waals surface area contributed by atoms with Crippen molar-refractivity contribution < 1.29 is 14.0 Å². The van der Waals surface area contributed by atoms with Crippen LogP contribution in [-0.4, -0.2) is 115 Å². The Balaban J connectivity index is 0.000000211. The van der Waals surface area contributed by atoms with Gasteiger partial charge >= 0.3 is 0 Å². The lowest BCUT2D eigenvalue weighted by atomic mass is 10.1. The highest BCUT2D eigenvalue weighted by Crippen LogP contribution is 2.21. The molecule has 0 saturated carbocycles. The van der Waals surface area contributed by atoms with Gasteiger partial charge in [0, 0.05) is 89.2 Å². The van der Waals surface area contributed by atoms with Crippen molar-refractivity contribution in [3.63, 3.8) is 0 Å². The Morgan fingerprint density at radius 2 is 1.11 bits per heavy atom. The molecule has 2 aliphatic rings. The number of hydrogen-bond donors (Lipinski definition) is 0. The maximum atomic E-state index is 14.1. The van der Waals surface area contributed by atoms with Crippen LogP contribution in [0.25, 0.3) is 0 Å². The van der Waals surface area contributed by atoms with Gasteiger partial charge in [-0.3, -0.25) is 34.1 Å². The fraction of sp³-hybridized carbons (Fsp3) is 0.444. The number of likely N-dealkylation sites (tertiary alicyclic amines) is 2. The molecule has 55 heavy (non-hydrogen) atoms. The predicted molar refractivity (Wildman–Crippen MR) is 221 cm³/mol. The predicted octanol–water partition coefficient (Wildman–Crippen LogP) is 6.81. The van der Waals surface area contributed by atoms with Gasteiger partial charge in [-0.15, -0.1) is 0 Å². The lowest BCUT2D eigenvalue weighted by Gasteiger charge is -2.27. The molecule has 0 aliphatic carbocycles. The van der Waals surface area contributed by atoms with Gasteiger partial charge < -0.3 is 4.90 Å². The van der Waals surface area contributed by atoms with Gasteiger partial charge in [-0.1, -0.05) is 92.7 Å². The van der Waals surface area contributed by atoms with Crippen LogP contribution < -0.4 is 9.80 Å². The maximum absolute atomic E-state index is 14.1. The third-order valence-corrected chi connectivity index (χ3v) is 10.8. The average Bonchev–Trinajstić information content (AvgIpc) is 3.91. The molecule has 2 amide bonds. The van der Waals surface area contributed by atoms with Gasteiger partial charge in [0.15, 0.2) is 11.6 Å². The number of benzene rings is 3. The first-order valence-electron chi connectivity index (χ1n) is 19.9. The molecular weight excluding hydrogens is 690 g/mol. The van der Waals surface area contributed by atoms with E-state index in [4.69, 9.17) is 0 Å². The Kier molecular flexibility index (Phi) is 16.3. The SMILES string of the molecule is CCC(=O)N(CCN1CCC(N(C)Cc2ccccc2)C1)c1ccccc1.CCC(=O)N(CCN1CCC(N(C)Cc2ccccc2)C1)c1ncccc1F. The van der Waals surface area contributed by atoms with Crippen LogP contribution in [0, 0.1) is 5.82 Å². The number of anilines is 2. The smallest absolute Gasteiger partial charge is 0.227 e. The number of halogens is 1. The minimum Gasteiger partial charge on any atom is -0.311 e. The summed E-state index contributed by atoms with van der Waals surface area (Å²) >= 11 is 0. The van der Waals surface area contributed by atoms with Crippen molar-refractivity contribution in [1.82, 2.24) is 24.6 Å². The summed E-state index contributed by atoms with van der Waals surface area (Å²) in [4.78, 5) is 41.9. The molecule has 0 bridgehead atoms. The normalized spacial score (nSPS) is 17.3. The summed E-state index contributed by atoms with van der Waals surface area (Å²) in [5, 5.41) is 0. The topological polar surface area (TPSA) is 66.5 Å². The van der Waals surface area contributed by atoms with Crippen LogP contribution in [-0.2, 0) is 22.7 Å². The largest absolute Gasteiger partial charge is 0.311 e. The van der Waals surface area contributed by atoms with E-state index in [2.05, 4.69) is 93.3 Å². The molecule has 3 aromatic carbocycles. The monoisotopic (exact) mass is 749 g/mol. The quantitative estimate of drug-likeness (QED) is 0.125. The zero-order valence-corrected chi connectivity index (χ0v) is 33.3. The van der Waals surface area contributed by atoms with E-state index >= 15 is 0 Å². The third kappa shape index (κ3) is 12.5. The van der Waals surface area contributed by atoms with Crippen molar-refractivity contribution in [2.75, 3.05) is 76.3 Å². The molecule has 9 nitrogen and oxygen atoms in total. The van der Waals surface area contributed by atoms with Gasteiger partial charge in [-0.25, -0.2) is 9.37 Å². The molecule has 6 rings (SSSR count). The molecule has 1 aromatic heterocycles. The molecule has 0 spiro atoms. The second kappa shape index (κ2) is 21.6. The van der Waals surface area contributed by atoms with E-state index in [0.717, 1.165) is 71.0 Å². The molecule has 2 saturated heterocycles. The zero-order valence-electron chi connectivity index (χ0n) is 33.3. The lowest BCUT2D eigenvalue weighted by molar-refractivity contribution is -0.119. The number of carbonyl (C=O) groups is 2. The Morgan fingerprint density at radius 3 is 1.58 bits per heavy atom. The standard InChI is InChI=1S/C23H31N3O.C22H29FN4O/c1-3-23(27)26(21-12-8-5-9-13-21)17-16-25-15-14-22(19-25)24(2)18-20-10-6-4-7-11-20;1-3-21(28)27(22-20(23)10-7-12-24-22)15-14-26-13-11-19(17-26)25(2)16-18-8-5-4-6-9-18/h4-13,22H,3,14-19H2,1-2H3;4-10,12,19H,3,11,13-17H2,1-2H3. The zero-order chi connectivity index (χ0) is 39.0. The molecule has 3 heterocycles. The summed E-state index contributed by atoms with van der Waals surface area (Å²) < 4.78 is 14.1. The van der Waals surface area contributed by atoms with Gasteiger partial charge in [-0.05, 0) is 75.4 Å². The summed E-state index contributed by atoms with van der Waals surface area (Å²) in [5.74, 6) is -0.231. The van der Waals surface area contributed by atoms with Crippen LogP contribution in [0.3, 0.4) is 0 Å². The summed E-state index contributed by atoms with van der Waals surface area (Å²) in [5.41, 5.74) is 3.68. The Labute approximate surface area is 328 Å². The van der Waals surface area contributed by atoms with Crippen molar-refractivity contribution in [3.05, 3.63) is 126 Å². The number of carbonyl (C=O) groups excluding carboxylic acids is 2. The summed E-state index contributed by atoms with van der Waals surface area (Å²) in [7, 11) is 4.38. The molecule has 4 aromatic rings. The van der Waals surface area contributed by atoms with Gasteiger partial charge in [0.05, 0.1) is 0 Å². The maximum Gasteiger partial charge on any atom is 0.227 e. The van der Waals surface area contributed by atoms with E-state index in [0.29, 0.717) is 31.5 Å². The van der Waals surface area contributed by atoms with E-state index in [-0.39, 0.29) is 17.6 Å². The summed E-state index contributed by atoms with van der Waals surface area (Å²) in [6, 6.07) is 35.1. The summed E-state index contributed by atoms with van der Waals surface area (Å²) in [6.07, 6.45) is 4.69. The second-order valence-electron chi connectivity index (χ2n) is 14.7. The van der Waals surface area contributed by atoms with Gasteiger partial charge in [0.2, 0.25) is 11.8 Å². The van der Waals surface area contributed by atoms with Crippen LogP contribution >= 0.6 is 0 Å². The Morgan fingerprint density at radius 1 is 0.655 bits per heavy atom. The first-order chi connectivity index (χ1) is 26.7. The molecular formula is C45H60FN7O2. The lowest BCUT2D eigenvalue weighted by Crippen LogP contribution is -2.40. The van der Waals surface area contributed by atoms with E-state index in [9.17, 15) is 14.0 Å². The molecule has 294 valence electrons. The number of para-hydroxylation sites is 1. The first-order valence-corrected chi connectivity index (χ1v) is 19.9. The fourth-order valence-corrected chi connectivity index (χ4v) is 7.55. The van der Waals surface area contributed by atoms with Crippen molar-refractivity contribution in [2.24, 2.45) is 0 Å². The molecule has 0 radical (unpaired) electrons. The second-order valence-corrected chi connectivity index (χ2v) is 14.7. The van der Waals surface area contributed by atoms with Crippen LogP contribution in [0.2, 0.25) is 0 Å². The molecule has 10 heteroatoms. The number of likely N-dealkylation sites (N-methyl/N-ethyl adjacent to an activating group) is 2. The van der Waals surface area contributed by atoms with Crippen molar-refractivity contribution in [1.29, 1.82) is 0 Å². The summed E-state index contributed by atoms with van der Waals surface area (Å²) in [6.45, 7) is 12.6. The van der Waals surface area contributed by atoms with E-state index < -0.39 is 5.82 Å². The number of rotatable bonds is 16. The number of hydrogen-bond acceptors (Lipinski definition) is 7. The minimum atomic E-state index is -0.453. The highest BCUT2D eigenvalue weighted by molar-refractivity contribution is 5.93. The number of pyridine rings is 1. The number of amides is 2. The molecule has 2 unspecified atom stereocenters. The molecule has 2 atom stereocenters. The average molecular weight is 750 g/mol. The van der Waals surface area contributed by atoms with E-state index in [1.165, 1.54) is 34.7 Å². The van der Waals surface area contributed by atoms with Crippen LogP contribution in [0.15, 0.2) is 109 Å². The van der Waals surface area contributed by atoms with Gasteiger partial charge in [-0.2, -0.15) is 0 Å². The Hall–Kier alpha value is -4.48. The van der Waals surface area contributed by atoms with E-state index in [1.807, 2.05) is 48.2 Å². The highest BCUT2D eigenvalue weighted by atomic mass is 19.1. The van der Waals surface area contributed by atoms with Crippen LogP contribution in [0.1, 0.15) is 50.7 Å². The first kappa shape index (κ1) is 41.7. The van der Waals surface area contributed by atoms with Gasteiger partial charge in [0.1, 0.15) is 0 Å². The number of nitrogens with zero attached hydrogens (tertiary/aromatic N) is 7. The van der Waals surface area contributed by atoms with E-state index in [1.54, 1.807) is 13.0 Å². The minimum absolute atomic E-state index is 0.102. The molecule has 2 fully saturated rings. The molecule has 0 N–H and O–H groups in total. The Bertz CT molecular complexity index is 1730. The van der Waals surface area contributed by atoms with Crippen molar-refractivity contribution in [3.8, 4) is 0 Å². The fourth-order valence-electron chi connectivity index (χ4n) is 7.55. The van der Waals surface area contributed by atoms with Crippen molar-refractivity contribution in [2.45, 2.75) is 64.7 Å². The molecule has 2 aliphatic heterocycles.